The van der Waals surface area contributed by atoms with Gasteiger partial charge in [0.15, 0.2) is 11.7 Å². The number of fused-ring (bicyclic) bond motifs is 1. The van der Waals surface area contributed by atoms with Gasteiger partial charge in [0, 0.05) is 12.4 Å². The van der Waals surface area contributed by atoms with Gasteiger partial charge in [0.1, 0.15) is 13.4 Å². The van der Waals surface area contributed by atoms with E-state index in [2.05, 4.69) is 53.6 Å². The Balaban J connectivity index is 2.10. The number of aromatic nitrogens is 2. The molecule has 0 bridgehead atoms. The number of nitrogens with zero attached hydrogens (tertiary/aromatic N) is 3. The van der Waals surface area contributed by atoms with Gasteiger partial charge in [-0.3, -0.25) is 4.99 Å². The monoisotopic (exact) mass is 238 g/mol. The third kappa shape index (κ3) is 1.63. The van der Waals surface area contributed by atoms with Crippen LogP contribution in [0.25, 0.3) is 0 Å². The Labute approximate surface area is 107 Å². The molecule has 2 N–H and O–H groups in total. The van der Waals surface area contributed by atoms with Gasteiger partial charge in [-0.25, -0.2) is 4.98 Å². The minimum absolute atomic E-state index is 0.316. The fourth-order valence-electron chi connectivity index (χ4n) is 2.49. The van der Waals surface area contributed by atoms with E-state index in [0.29, 0.717) is 5.84 Å². The van der Waals surface area contributed by atoms with Gasteiger partial charge in [0.2, 0.25) is 0 Å². The summed E-state index contributed by atoms with van der Waals surface area (Å²) in [5.74, 6) is 1.27. The maximum Gasteiger partial charge on any atom is 0.175 e. The summed E-state index contributed by atoms with van der Waals surface area (Å²) in [5, 5.41) is 0. The van der Waals surface area contributed by atoms with Crippen LogP contribution in [0.3, 0.4) is 0 Å². The first-order chi connectivity index (χ1) is 8.58. The van der Waals surface area contributed by atoms with E-state index in [0.717, 1.165) is 12.4 Å². The zero-order valence-corrected chi connectivity index (χ0v) is 10.6. The molecule has 0 spiro atoms. The summed E-state index contributed by atoms with van der Waals surface area (Å²) in [7, 11) is 2.09. The third-order valence-electron chi connectivity index (χ3n) is 3.43. The van der Waals surface area contributed by atoms with Crippen LogP contribution in [-0.4, -0.2) is 23.2 Å². The molecule has 2 heterocycles. The number of hydrogen-bond acceptors (Lipinski definition) is 3. The lowest BCUT2D eigenvalue weighted by Gasteiger charge is -2.31. The fourth-order valence-corrected chi connectivity index (χ4v) is 2.49. The molecule has 0 saturated heterocycles. The average molecular weight is 238 g/mol. The lowest BCUT2D eigenvalue weighted by Crippen LogP contribution is -2.37. The Bertz CT molecular complexity index is 631. The molecule has 0 amide bonds. The number of rotatable bonds is 1. The highest BCUT2D eigenvalue weighted by Gasteiger charge is 2.32. The van der Waals surface area contributed by atoms with Gasteiger partial charge >= 0.3 is 0 Å². The highest BCUT2D eigenvalue weighted by molar-refractivity contribution is 6.32. The second-order valence-electron chi connectivity index (χ2n) is 5.02. The number of imidazole rings is 1. The van der Waals surface area contributed by atoms with Crippen molar-refractivity contribution in [3.05, 3.63) is 48.0 Å². The molecule has 4 nitrogen and oxygen atoms in total. The molecule has 1 aromatic carbocycles. The Hall–Kier alpha value is -2.04. The van der Waals surface area contributed by atoms with Crippen molar-refractivity contribution in [3.8, 4) is 0 Å². The topological polar surface area (TPSA) is 56.2 Å². The molecule has 1 aromatic heterocycles. The summed E-state index contributed by atoms with van der Waals surface area (Å²) < 4.78 is 2.06. The molecule has 1 atom stereocenters. The summed E-state index contributed by atoms with van der Waals surface area (Å²) >= 11 is 0. The number of amidine groups is 1. The second kappa shape index (κ2) is 3.73. The molecule has 0 radical (unpaired) electrons. The average Bonchev–Trinajstić information content (AvgIpc) is 2.77. The second-order valence-corrected chi connectivity index (χ2v) is 5.02. The normalized spacial score (nSPS) is 22.4. The summed E-state index contributed by atoms with van der Waals surface area (Å²) in [6.07, 6.45) is 3.71. The minimum atomic E-state index is -0.316. The zero-order chi connectivity index (χ0) is 12.8. The van der Waals surface area contributed by atoms with Crippen LogP contribution in [-0.2, 0) is 12.1 Å². The molecule has 2 aromatic rings. The van der Waals surface area contributed by atoms with Crippen molar-refractivity contribution in [2.75, 3.05) is 0 Å². The van der Waals surface area contributed by atoms with Crippen molar-refractivity contribution in [2.45, 2.75) is 19.0 Å². The smallest absolute Gasteiger partial charge is 0.175 e. The standard InChI is InChI=1S/C13H15BN4/c1-13(9-3-2-4-10(14)7-9)8-18-6-5-16-12(18)11(15)17-13/h2-7H,8,14H2,1H3,(H2,15,17). The van der Waals surface area contributed by atoms with Gasteiger partial charge < -0.3 is 10.3 Å². The lowest BCUT2D eigenvalue weighted by atomic mass is 9.86. The van der Waals surface area contributed by atoms with Crippen molar-refractivity contribution in [3.63, 3.8) is 0 Å². The third-order valence-corrected chi connectivity index (χ3v) is 3.43. The van der Waals surface area contributed by atoms with Gasteiger partial charge in [-0.2, -0.15) is 0 Å². The van der Waals surface area contributed by atoms with Crippen LogP contribution in [0, 0.1) is 0 Å². The van der Waals surface area contributed by atoms with Crippen LogP contribution >= 0.6 is 0 Å². The van der Waals surface area contributed by atoms with Crippen LogP contribution in [0.4, 0.5) is 0 Å². The Morgan fingerprint density at radius 1 is 1.44 bits per heavy atom. The van der Waals surface area contributed by atoms with Crippen LogP contribution in [0.15, 0.2) is 41.7 Å². The van der Waals surface area contributed by atoms with Crippen LogP contribution in [0.1, 0.15) is 18.3 Å². The van der Waals surface area contributed by atoms with Gasteiger partial charge in [0.25, 0.3) is 0 Å². The Kier molecular flexibility index (Phi) is 2.30. The lowest BCUT2D eigenvalue weighted by molar-refractivity contribution is 0.400. The number of hydrogen-bond donors (Lipinski definition) is 1. The van der Waals surface area contributed by atoms with Crippen molar-refractivity contribution >= 4 is 19.1 Å². The summed E-state index contributed by atoms with van der Waals surface area (Å²) in [4.78, 5) is 8.87. The quantitative estimate of drug-likeness (QED) is 0.698. The molecule has 0 fully saturated rings. The summed E-state index contributed by atoms with van der Waals surface area (Å²) in [5.41, 5.74) is 8.11. The van der Waals surface area contributed by atoms with E-state index in [1.54, 1.807) is 6.20 Å². The Morgan fingerprint density at radius 3 is 3.06 bits per heavy atom. The first-order valence-corrected chi connectivity index (χ1v) is 6.02. The number of aliphatic imine (C=N–C) groups is 1. The van der Waals surface area contributed by atoms with E-state index in [1.165, 1.54) is 11.0 Å². The van der Waals surface area contributed by atoms with Crippen LogP contribution < -0.4 is 11.2 Å². The van der Waals surface area contributed by atoms with Crippen LogP contribution in [0.2, 0.25) is 0 Å². The van der Waals surface area contributed by atoms with E-state index in [-0.39, 0.29) is 5.54 Å². The number of nitrogens with two attached hydrogens (primary N) is 1. The van der Waals surface area contributed by atoms with Gasteiger partial charge in [-0.1, -0.05) is 29.7 Å². The molecule has 1 aliphatic rings. The minimum Gasteiger partial charge on any atom is -0.381 e. The first-order valence-electron chi connectivity index (χ1n) is 6.02. The highest BCUT2D eigenvalue weighted by Crippen LogP contribution is 2.30. The van der Waals surface area contributed by atoms with Crippen molar-refractivity contribution in [1.29, 1.82) is 0 Å². The van der Waals surface area contributed by atoms with E-state index in [4.69, 9.17) is 5.73 Å². The van der Waals surface area contributed by atoms with Crippen LogP contribution in [0.5, 0.6) is 0 Å². The van der Waals surface area contributed by atoms with E-state index >= 15 is 0 Å². The SMILES string of the molecule is Bc1cccc(C2(C)Cn3ccnc3C(N)=N2)c1. The zero-order valence-electron chi connectivity index (χ0n) is 10.6. The van der Waals surface area contributed by atoms with Gasteiger partial charge in [-0.15, -0.1) is 0 Å². The predicted molar refractivity (Wildman–Crippen MR) is 74.9 cm³/mol. The summed E-state index contributed by atoms with van der Waals surface area (Å²) in [6.45, 7) is 2.88. The fraction of sp³-hybridized carbons (Fsp3) is 0.231. The summed E-state index contributed by atoms with van der Waals surface area (Å²) in [6, 6.07) is 8.42. The van der Waals surface area contributed by atoms with Crippen molar-refractivity contribution in [2.24, 2.45) is 10.7 Å². The number of benzene rings is 1. The molecule has 90 valence electrons. The molecular weight excluding hydrogens is 223 g/mol. The maximum absolute atomic E-state index is 6.01. The van der Waals surface area contributed by atoms with Crippen molar-refractivity contribution < 1.29 is 0 Å². The maximum atomic E-state index is 6.01. The van der Waals surface area contributed by atoms with Gasteiger partial charge in [-0.05, 0) is 12.5 Å². The molecule has 5 heteroatoms. The molecule has 0 saturated carbocycles. The molecule has 3 rings (SSSR count). The largest absolute Gasteiger partial charge is 0.381 e. The molecule has 18 heavy (non-hydrogen) atoms. The molecule has 1 aliphatic heterocycles. The first kappa shape index (κ1) is 11.1. The predicted octanol–water partition coefficient (Wildman–Crippen LogP) is -0.224. The molecule has 0 aliphatic carbocycles. The van der Waals surface area contributed by atoms with Crippen molar-refractivity contribution in [1.82, 2.24) is 9.55 Å². The Morgan fingerprint density at radius 2 is 2.28 bits per heavy atom. The van der Waals surface area contributed by atoms with E-state index in [9.17, 15) is 0 Å². The molecular formula is C13H15BN4. The van der Waals surface area contributed by atoms with E-state index < -0.39 is 0 Å². The molecule has 1 unspecified atom stereocenters. The van der Waals surface area contributed by atoms with Gasteiger partial charge in [0.05, 0.1) is 6.54 Å². The highest BCUT2D eigenvalue weighted by atomic mass is 15.2. The van der Waals surface area contributed by atoms with E-state index in [1.807, 2.05) is 6.20 Å².